The summed E-state index contributed by atoms with van der Waals surface area (Å²) < 4.78 is 31.4. The van der Waals surface area contributed by atoms with Crippen molar-refractivity contribution in [3.05, 3.63) is 29.8 Å². The Bertz CT molecular complexity index is 626. The Morgan fingerprint density at radius 2 is 1.95 bits per heavy atom. The van der Waals surface area contributed by atoms with Gasteiger partial charge >= 0.3 is 5.97 Å². The highest BCUT2D eigenvalue weighted by Gasteiger charge is 2.28. The zero-order chi connectivity index (χ0) is 14.7. The molecule has 19 heavy (non-hydrogen) atoms. The molecule has 0 aromatic heterocycles. The zero-order valence-electron chi connectivity index (χ0n) is 10.9. The van der Waals surface area contributed by atoms with E-state index in [-0.39, 0.29) is 10.5 Å². The molecule has 0 fully saturated rings. The molecule has 0 saturated heterocycles. The minimum absolute atomic E-state index is 0.0367. The Kier molecular flexibility index (Phi) is 4.35. The summed E-state index contributed by atoms with van der Waals surface area (Å²) in [5, 5.41) is 0. The Morgan fingerprint density at radius 1 is 1.37 bits per heavy atom. The first-order chi connectivity index (χ1) is 8.73. The van der Waals surface area contributed by atoms with Crippen molar-refractivity contribution >= 4 is 16.0 Å². The van der Waals surface area contributed by atoms with Crippen LogP contribution in [0.5, 0.6) is 0 Å². The molecule has 1 aromatic carbocycles. The highest BCUT2D eigenvalue weighted by atomic mass is 32.2. The third kappa shape index (κ3) is 3.56. The van der Waals surface area contributed by atoms with Crippen molar-refractivity contribution in [2.75, 3.05) is 7.11 Å². The van der Waals surface area contributed by atoms with Crippen LogP contribution in [0.2, 0.25) is 0 Å². The molecular weight excluding hydrogens is 266 g/mol. The maximum absolute atomic E-state index is 12.2. The Labute approximate surface area is 113 Å². The lowest BCUT2D eigenvalue weighted by Crippen LogP contribution is -2.42. The van der Waals surface area contributed by atoms with Crippen molar-refractivity contribution in [1.29, 1.82) is 0 Å². The lowest BCUT2D eigenvalue weighted by molar-refractivity contribution is 0.0596. The normalized spacial score (nSPS) is 11.7. The van der Waals surface area contributed by atoms with Gasteiger partial charge in [0.1, 0.15) is 0 Å². The maximum atomic E-state index is 12.2. The molecule has 1 N–H and O–H groups in total. The van der Waals surface area contributed by atoms with Crippen LogP contribution in [0, 0.1) is 12.3 Å². The number of carbonyl (C=O) groups is 1. The van der Waals surface area contributed by atoms with E-state index in [2.05, 4.69) is 15.4 Å². The third-order valence-electron chi connectivity index (χ3n) is 2.33. The monoisotopic (exact) mass is 281 g/mol. The average Bonchev–Trinajstić information content (AvgIpc) is 2.36. The Balaban J connectivity index is 3.31. The molecule has 0 bridgehead atoms. The molecule has 0 heterocycles. The fraction of sp³-hybridized carbons (Fsp3) is 0.308. The van der Waals surface area contributed by atoms with Gasteiger partial charge in [0.05, 0.1) is 23.1 Å². The number of ether oxygens (including phenoxy) is 1. The number of hydrogen-bond acceptors (Lipinski definition) is 4. The van der Waals surface area contributed by atoms with Crippen molar-refractivity contribution < 1.29 is 17.9 Å². The smallest absolute Gasteiger partial charge is 0.339 e. The van der Waals surface area contributed by atoms with Gasteiger partial charge in [-0.1, -0.05) is 18.1 Å². The molecule has 5 nitrogen and oxygen atoms in total. The number of hydrogen-bond donors (Lipinski definition) is 1. The number of nitrogens with one attached hydrogen (secondary N) is 1. The summed E-state index contributed by atoms with van der Waals surface area (Å²) in [6.45, 7) is 3.09. The lowest BCUT2D eigenvalue weighted by atomic mass is 10.1. The summed E-state index contributed by atoms with van der Waals surface area (Å²) in [4.78, 5) is 11.4. The van der Waals surface area contributed by atoms with Crippen LogP contribution in [0.1, 0.15) is 24.2 Å². The second-order valence-corrected chi connectivity index (χ2v) is 6.01. The van der Waals surface area contributed by atoms with Crippen LogP contribution in [0.3, 0.4) is 0 Å². The summed E-state index contributed by atoms with van der Waals surface area (Å²) >= 11 is 0. The molecular formula is C13H15NO4S. The van der Waals surface area contributed by atoms with Gasteiger partial charge < -0.3 is 4.74 Å². The molecule has 0 amide bonds. The molecule has 0 aliphatic heterocycles. The van der Waals surface area contributed by atoms with E-state index < -0.39 is 21.5 Å². The molecule has 0 radical (unpaired) electrons. The van der Waals surface area contributed by atoms with Gasteiger partial charge in [0.25, 0.3) is 0 Å². The van der Waals surface area contributed by atoms with E-state index in [0.29, 0.717) is 0 Å². The number of esters is 1. The van der Waals surface area contributed by atoms with Crippen molar-refractivity contribution in [3.8, 4) is 12.3 Å². The largest absolute Gasteiger partial charge is 0.465 e. The molecule has 0 atom stereocenters. The van der Waals surface area contributed by atoms with Gasteiger partial charge in [0.2, 0.25) is 10.0 Å². The summed E-state index contributed by atoms with van der Waals surface area (Å²) in [5.41, 5.74) is -1.09. The van der Waals surface area contributed by atoms with Crippen molar-refractivity contribution in [2.24, 2.45) is 0 Å². The first kappa shape index (κ1) is 15.2. The number of methoxy groups -OCH3 is 1. The second-order valence-electron chi connectivity index (χ2n) is 4.36. The number of benzene rings is 1. The van der Waals surface area contributed by atoms with Gasteiger partial charge in [-0.3, -0.25) is 0 Å². The van der Waals surface area contributed by atoms with Gasteiger partial charge in [-0.2, -0.15) is 4.72 Å². The van der Waals surface area contributed by atoms with Crippen LogP contribution in [0.25, 0.3) is 0 Å². The van der Waals surface area contributed by atoms with E-state index in [1.807, 2.05) is 0 Å². The van der Waals surface area contributed by atoms with Crippen molar-refractivity contribution in [3.63, 3.8) is 0 Å². The first-order valence-electron chi connectivity index (χ1n) is 5.42. The minimum atomic E-state index is -3.91. The molecule has 6 heteroatoms. The topological polar surface area (TPSA) is 72.5 Å². The van der Waals surface area contributed by atoms with Gasteiger partial charge in [0, 0.05) is 0 Å². The Morgan fingerprint density at radius 3 is 2.47 bits per heavy atom. The standard InChI is InChI=1S/C13H15NO4S/c1-5-13(2,3)14-19(16,17)11-9-7-6-8-10(11)12(15)18-4/h1,6-9,14H,2-4H3. The molecule has 1 aromatic rings. The highest BCUT2D eigenvalue weighted by Crippen LogP contribution is 2.18. The van der Waals surface area contributed by atoms with E-state index in [1.165, 1.54) is 25.3 Å². The number of rotatable bonds is 4. The molecule has 0 saturated carbocycles. The highest BCUT2D eigenvalue weighted by molar-refractivity contribution is 7.89. The molecule has 102 valence electrons. The number of carbonyl (C=O) groups excluding carboxylic acids is 1. The average molecular weight is 281 g/mol. The van der Waals surface area contributed by atoms with E-state index in [9.17, 15) is 13.2 Å². The third-order valence-corrected chi connectivity index (χ3v) is 4.05. The van der Waals surface area contributed by atoms with Gasteiger partial charge in [-0.05, 0) is 26.0 Å². The predicted octanol–water partition coefficient (Wildman–Crippen LogP) is 1.16. The van der Waals surface area contributed by atoms with Crippen LogP contribution in [-0.4, -0.2) is 27.0 Å². The van der Waals surface area contributed by atoms with Gasteiger partial charge in [-0.15, -0.1) is 6.42 Å². The second kappa shape index (κ2) is 5.43. The number of terminal acetylenes is 1. The summed E-state index contributed by atoms with van der Waals surface area (Å²) in [6.07, 6.45) is 5.25. The summed E-state index contributed by atoms with van der Waals surface area (Å²) in [6, 6.07) is 5.77. The van der Waals surface area contributed by atoms with E-state index in [0.717, 1.165) is 0 Å². The molecule has 0 spiro atoms. The molecule has 0 aliphatic rings. The zero-order valence-corrected chi connectivity index (χ0v) is 11.7. The predicted molar refractivity (Wildman–Crippen MR) is 71.0 cm³/mol. The van der Waals surface area contributed by atoms with Crippen LogP contribution in [0.4, 0.5) is 0 Å². The van der Waals surface area contributed by atoms with E-state index in [4.69, 9.17) is 6.42 Å². The fourth-order valence-corrected chi connectivity index (χ4v) is 2.94. The van der Waals surface area contributed by atoms with Crippen LogP contribution in [0.15, 0.2) is 29.2 Å². The molecule has 1 rings (SSSR count). The van der Waals surface area contributed by atoms with Gasteiger partial charge in [-0.25, -0.2) is 13.2 Å². The maximum Gasteiger partial charge on any atom is 0.339 e. The minimum Gasteiger partial charge on any atom is -0.465 e. The van der Waals surface area contributed by atoms with Crippen molar-refractivity contribution in [1.82, 2.24) is 4.72 Å². The summed E-state index contributed by atoms with van der Waals surface area (Å²) in [5.74, 6) is 1.60. The quantitative estimate of drug-likeness (QED) is 0.664. The van der Waals surface area contributed by atoms with Crippen LogP contribution in [-0.2, 0) is 14.8 Å². The molecule has 0 aliphatic carbocycles. The lowest BCUT2D eigenvalue weighted by Gasteiger charge is -2.20. The van der Waals surface area contributed by atoms with Crippen molar-refractivity contribution in [2.45, 2.75) is 24.3 Å². The van der Waals surface area contributed by atoms with Gasteiger partial charge in [0.15, 0.2) is 0 Å². The van der Waals surface area contributed by atoms with Crippen LogP contribution < -0.4 is 4.72 Å². The molecule has 0 unspecified atom stereocenters. The Hall–Kier alpha value is -1.84. The number of sulfonamides is 1. The van der Waals surface area contributed by atoms with E-state index >= 15 is 0 Å². The SMILES string of the molecule is C#CC(C)(C)NS(=O)(=O)c1ccccc1C(=O)OC. The van der Waals surface area contributed by atoms with E-state index in [1.54, 1.807) is 19.9 Å². The summed E-state index contributed by atoms with van der Waals surface area (Å²) in [7, 11) is -2.72. The van der Waals surface area contributed by atoms with Crippen LogP contribution >= 0.6 is 0 Å². The fourth-order valence-electron chi connectivity index (χ4n) is 1.40. The first-order valence-corrected chi connectivity index (χ1v) is 6.91.